The van der Waals surface area contributed by atoms with Gasteiger partial charge in [0.1, 0.15) is 11.8 Å². The molecule has 1 N–H and O–H groups in total. The third-order valence-corrected chi connectivity index (χ3v) is 5.21. The van der Waals surface area contributed by atoms with Crippen LogP contribution in [0, 0.1) is 5.92 Å². The Hall–Kier alpha value is -2.61. The largest absolute Gasteiger partial charge is 0.497 e. The van der Waals surface area contributed by atoms with E-state index in [1.165, 1.54) is 0 Å². The molecule has 2 aliphatic heterocycles. The van der Waals surface area contributed by atoms with Gasteiger partial charge in [0.2, 0.25) is 11.9 Å². The van der Waals surface area contributed by atoms with E-state index in [9.17, 15) is 9.59 Å². The Bertz CT molecular complexity index is 726. The first-order valence-corrected chi connectivity index (χ1v) is 9.73. The normalized spacial score (nSPS) is 23.0. The van der Waals surface area contributed by atoms with E-state index in [-0.39, 0.29) is 12.5 Å². The highest BCUT2D eigenvalue weighted by Crippen LogP contribution is 2.32. The molecule has 0 spiro atoms. The first-order chi connectivity index (χ1) is 13.6. The van der Waals surface area contributed by atoms with Gasteiger partial charge in [-0.1, -0.05) is 19.1 Å². The summed E-state index contributed by atoms with van der Waals surface area (Å²) in [4.78, 5) is 34.5. The molecule has 0 unspecified atom stereocenters. The van der Waals surface area contributed by atoms with Crippen molar-refractivity contribution in [3.05, 3.63) is 29.8 Å². The van der Waals surface area contributed by atoms with Crippen molar-refractivity contribution in [1.29, 1.82) is 0 Å². The average Bonchev–Trinajstić information content (AvgIpc) is 2.73. The first-order valence-electron chi connectivity index (χ1n) is 9.73. The van der Waals surface area contributed by atoms with Crippen molar-refractivity contribution in [2.75, 3.05) is 46.4 Å². The molecule has 2 atom stereocenters. The van der Waals surface area contributed by atoms with Crippen LogP contribution in [0.3, 0.4) is 0 Å². The van der Waals surface area contributed by atoms with Gasteiger partial charge in [0.25, 0.3) is 0 Å². The minimum absolute atomic E-state index is 0.216. The van der Waals surface area contributed by atoms with E-state index in [0.717, 1.165) is 38.3 Å². The molecule has 1 amide bonds. The molecule has 1 aromatic carbocycles. The first kappa shape index (κ1) is 20.1. The van der Waals surface area contributed by atoms with Crippen molar-refractivity contribution >= 4 is 17.8 Å². The van der Waals surface area contributed by atoms with Crippen molar-refractivity contribution in [2.45, 2.75) is 19.9 Å². The summed E-state index contributed by atoms with van der Waals surface area (Å²) in [5, 5.41) is 2.82. The summed E-state index contributed by atoms with van der Waals surface area (Å²) in [6.07, 6.45) is 0. The third kappa shape index (κ3) is 4.27. The number of amides is 1. The van der Waals surface area contributed by atoms with Gasteiger partial charge in [-0.3, -0.25) is 14.9 Å². The standard InChI is InChI=1S/C20H28N4O4/c1-4-23-10-12-24(13-11-23)20-21-17(14-6-8-15(27-3)9-7-14)16(18(25)22-20)19(26)28-5-2/h6-9,16-17H,4-5,10-13H2,1-3H3,(H,21,22,25)/t16-,17+/m1/s1. The predicted molar refractivity (Wildman–Crippen MR) is 105 cm³/mol. The topological polar surface area (TPSA) is 83.5 Å². The zero-order chi connectivity index (χ0) is 20.1. The van der Waals surface area contributed by atoms with Crippen LogP contribution in [0.25, 0.3) is 0 Å². The number of guanidine groups is 1. The Labute approximate surface area is 165 Å². The van der Waals surface area contributed by atoms with Gasteiger partial charge in [0, 0.05) is 26.2 Å². The van der Waals surface area contributed by atoms with E-state index in [1.54, 1.807) is 26.2 Å². The van der Waals surface area contributed by atoms with Crippen molar-refractivity contribution < 1.29 is 19.1 Å². The van der Waals surface area contributed by atoms with Gasteiger partial charge in [-0.05, 0) is 31.2 Å². The fourth-order valence-electron chi connectivity index (χ4n) is 3.54. The number of hydrogen-bond donors (Lipinski definition) is 1. The van der Waals surface area contributed by atoms with Gasteiger partial charge in [-0.25, -0.2) is 4.99 Å². The van der Waals surface area contributed by atoms with E-state index in [4.69, 9.17) is 14.5 Å². The quantitative estimate of drug-likeness (QED) is 0.599. The lowest BCUT2D eigenvalue weighted by molar-refractivity contribution is -0.153. The van der Waals surface area contributed by atoms with Crippen molar-refractivity contribution in [3.63, 3.8) is 0 Å². The summed E-state index contributed by atoms with van der Waals surface area (Å²) in [6, 6.07) is 6.66. The molecule has 2 heterocycles. The minimum atomic E-state index is -1.01. The number of carbonyl (C=O) groups is 2. The number of likely N-dealkylation sites (N-methyl/N-ethyl adjacent to an activating group) is 1. The number of piperazine rings is 1. The van der Waals surface area contributed by atoms with E-state index < -0.39 is 17.9 Å². The smallest absolute Gasteiger partial charge is 0.321 e. The molecule has 1 saturated heterocycles. The van der Waals surface area contributed by atoms with Crippen LogP contribution in [0.5, 0.6) is 5.75 Å². The number of benzene rings is 1. The lowest BCUT2D eigenvalue weighted by atomic mass is 9.91. The number of hydrogen-bond acceptors (Lipinski definition) is 7. The number of aliphatic imine (C=N–C) groups is 1. The van der Waals surface area contributed by atoms with Crippen LogP contribution in [-0.4, -0.2) is 74.1 Å². The number of ether oxygens (including phenoxy) is 2. The highest BCUT2D eigenvalue weighted by molar-refractivity contribution is 6.08. The maximum Gasteiger partial charge on any atom is 0.321 e. The molecule has 2 aliphatic rings. The predicted octanol–water partition coefficient (Wildman–Crippen LogP) is 1.04. The fourth-order valence-corrected chi connectivity index (χ4v) is 3.54. The molecule has 0 radical (unpaired) electrons. The summed E-state index contributed by atoms with van der Waals surface area (Å²) in [5.74, 6) is -0.700. The third-order valence-electron chi connectivity index (χ3n) is 5.21. The second-order valence-corrected chi connectivity index (χ2v) is 6.81. The van der Waals surface area contributed by atoms with Gasteiger partial charge in [0.15, 0.2) is 5.92 Å². The molecule has 1 fully saturated rings. The molecule has 152 valence electrons. The lowest BCUT2D eigenvalue weighted by Gasteiger charge is -2.38. The average molecular weight is 388 g/mol. The SMILES string of the molecule is CCOC(=O)[C@H]1C(=O)NC(N2CCN(CC)CC2)=N[C@H]1c1ccc(OC)cc1. The molecule has 0 aliphatic carbocycles. The second kappa shape index (κ2) is 9.05. The highest BCUT2D eigenvalue weighted by atomic mass is 16.5. The number of carbonyl (C=O) groups excluding carboxylic acids is 2. The molecular weight excluding hydrogens is 360 g/mol. The zero-order valence-corrected chi connectivity index (χ0v) is 16.7. The summed E-state index contributed by atoms with van der Waals surface area (Å²) < 4.78 is 10.4. The lowest BCUT2D eigenvalue weighted by Crippen LogP contribution is -2.57. The molecule has 8 heteroatoms. The van der Waals surface area contributed by atoms with E-state index in [1.807, 2.05) is 12.1 Å². The Morgan fingerprint density at radius 3 is 2.43 bits per heavy atom. The summed E-state index contributed by atoms with van der Waals surface area (Å²) in [5.41, 5.74) is 0.776. The van der Waals surface area contributed by atoms with Crippen molar-refractivity contribution in [1.82, 2.24) is 15.1 Å². The molecular formula is C20H28N4O4. The molecule has 1 aromatic rings. The highest BCUT2D eigenvalue weighted by Gasteiger charge is 2.42. The number of nitrogens with one attached hydrogen (secondary N) is 1. The number of nitrogens with zero attached hydrogens (tertiary/aromatic N) is 3. The maximum absolute atomic E-state index is 12.8. The van der Waals surface area contributed by atoms with E-state index in [0.29, 0.717) is 11.7 Å². The van der Waals surface area contributed by atoms with Crippen LogP contribution >= 0.6 is 0 Å². The number of methoxy groups -OCH3 is 1. The van der Waals surface area contributed by atoms with Gasteiger partial charge in [-0.2, -0.15) is 0 Å². The zero-order valence-electron chi connectivity index (χ0n) is 16.7. The molecule has 0 bridgehead atoms. The van der Waals surface area contributed by atoms with Crippen LogP contribution in [0.2, 0.25) is 0 Å². The minimum Gasteiger partial charge on any atom is -0.497 e. The van der Waals surface area contributed by atoms with Crippen molar-refractivity contribution in [3.8, 4) is 5.75 Å². The Morgan fingerprint density at radius 2 is 1.86 bits per heavy atom. The molecule has 3 rings (SSSR count). The van der Waals surface area contributed by atoms with Crippen LogP contribution in [0.15, 0.2) is 29.3 Å². The Balaban J connectivity index is 1.90. The number of rotatable bonds is 5. The monoisotopic (exact) mass is 388 g/mol. The molecule has 0 aromatic heterocycles. The molecule has 28 heavy (non-hydrogen) atoms. The maximum atomic E-state index is 12.8. The molecule has 8 nitrogen and oxygen atoms in total. The van der Waals surface area contributed by atoms with E-state index in [2.05, 4.69) is 22.0 Å². The van der Waals surface area contributed by atoms with E-state index >= 15 is 0 Å². The molecule has 0 saturated carbocycles. The summed E-state index contributed by atoms with van der Waals surface area (Å²) >= 11 is 0. The van der Waals surface area contributed by atoms with Crippen LogP contribution in [0.4, 0.5) is 0 Å². The van der Waals surface area contributed by atoms with Gasteiger partial charge in [0.05, 0.1) is 13.7 Å². The summed E-state index contributed by atoms with van der Waals surface area (Å²) in [7, 11) is 1.59. The van der Waals surface area contributed by atoms with Crippen LogP contribution in [-0.2, 0) is 14.3 Å². The fraction of sp³-hybridized carbons (Fsp3) is 0.550. The van der Waals surface area contributed by atoms with Gasteiger partial charge < -0.3 is 19.3 Å². The van der Waals surface area contributed by atoms with Crippen LogP contribution < -0.4 is 10.1 Å². The second-order valence-electron chi connectivity index (χ2n) is 6.81. The van der Waals surface area contributed by atoms with Gasteiger partial charge >= 0.3 is 5.97 Å². The Morgan fingerprint density at radius 1 is 1.18 bits per heavy atom. The Kier molecular flexibility index (Phi) is 6.51. The van der Waals surface area contributed by atoms with Crippen molar-refractivity contribution in [2.24, 2.45) is 10.9 Å². The summed E-state index contributed by atoms with van der Waals surface area (Å²) in [6.45, 7) is 8.49. The van der Waals surface area contributed by atoms with Crippen LogP contribution in [0.1, 0.15) is 25.5 Å². The number of esters is 1. The van der Waals surface area contributed by atoms with Gasteiger partial charge in [-0.15, -0.1) is 0 Å².